The Kier molecular flexibility index (Phi) is 5.16. The lowest BCUT2D eigenvalue weighted by Gasteiger charge is -2.18. The number of carbonyl (C=O) groups is 1. The maximum absolute atomic E-state index is 12.7. The van der Waals surface area contributed by atoms with Crippen molar-refractivity contribution in [3.05, 3.63) is 52.7 Å². The number of benzene rings is 1. The van der Waals surface area contributed by atoms with Gasteiger partial charge in [0.05, 0.1) is 16.4 Å². The van der Waals surface area contributed by atoms with Gasteiger partial charge in [0.15, 0.2) is 0 Å². The molecule has 1 amide bonds. The second-order valence-electron chi connectivity index (χ2n) is 6.30. The van der Waals surface area contributed by atoms with Crippen LogP contribution in [-0.4, -0.2) is 22.7 Å². The number of nitriles is 1. The number of rotatable bonds is 3. The quantitative estimate of drug-likeness (QED) is 0.774. The molecule has 27 heavy (non-hydrogen) atoms. The van der Waals surface area contributed by atoms with E-state index in [1.807, 2.05) is 19.9 Å². The van der Waals surface area contributed by atoms with Crippen LogP contribution in [0.3, 0.4) is 0 Å². The third-order valence-corrected chi connectivity index (χ3v) is 5.58. The van der Waals surface area contributed by atoms with Gasteiger partial charge in [-0.1, -0.05) is 11.8 Å². The number of hydrogen-bond donors (Lipinski definition) is 0. The summed E-state index contributed by atoms with van der Waals surface area (Å²) >= 11 is 1.24. The molecule has 0 aliphatic carbocycles. The molecule has 1 aliphatic rings. The number of nitrogens with zero attached hydrogens (tertiary/aromatic N) is 3. The predicted octanol–water partition coefficient (Wildman–Crippen LogP) is 4.49. The summed E-state index contributed by atoms with van der Waals surface area (Å²) in [6.07, 6.45) is -3.88. The van der Waals surface area contributed by atoms with Crippen LogP contribution >= 0.6 is 11.8 Å². The van der Waals surface area contributed by atoms with E-state index in [4.69, 9.17) is 0 Å². The fraction of sp³-hybridized carbons (Fsp3) is 0.316. The molecule has 0 radical (unpaired) electrons. The van der Waals surface area contributed by atoms with E-state index >= 15 is 0 Å². The summed E-state index contributed by atoms with van der Waals surface area (Å²) in [5, 5.41) is 9.45. The molecule has 1 aliphatic heterocycles. The molecule has 1 atom stereocenters. The standard InChI is InChI=1S/C19H16F3N3OS/c1-11-9-12(2)24-17(15(11)10-23)27-16-7-8-25(18(16)26)14-5-3-13(4-6-14)19(20,21)22/h3-6,9,16H,7-8H2,1-2H3. The molecule has 2 aromatic rings. The molecule has 0 spiro atoms. The Labute approximate surface area is 159 Å². The summed E-state index contributed by atoms with van der Waals surface area (Å²) in [5.41, 5.74) is 1.70. The Bertz CT molecular complexity index is 920. The Morgan fingerprint density at radius 3 is 2.52 bits per heavy atom. The number of carbonyl (C=O) groups excluding carboxylic acids is 1. The molecule has 1 aromatic heterocycles. The second kappa shape index (κ2) is 7.24. The van der Waals surface area contributed by atoms with Gasteiger partial charge in [0.25, 0.3) is 0 Å². The normalized spacial score (nSPS) is 17.3. The Hall–Kier alpha value is -2.53. The largest absolute Gasteiger partial charge is 0.416 e. The van der Waals surface area contributed by atoms with E-state index in [9.17, 15) is 23.2 Å². The van der Waals surface area contributed by atoms with Gasteiger partial charge in [-0.05, 0) is 56.2 Å². The molecule has 0 bridgehead atoms. The van der Waals surface area contributed by atoms with Crippen molar-refractivity contribution in [1.82, 2.24) is 4.98 Å². The van der Waals surface area contributed by atoms with Crippen LogP contribution < -0.4 is 4.90 Å². The lowest BCUT2D eigenvalue weighted by atomic mass is 10.1. The molecule has 1 aromatic carbocycles. The van der Waals surface area contributed by atoms with E-state index in [2.05, 4.69) is 11.1 Å². The minimum atomic E-state index is -4.41. The van der Waals surface area contributed by atoms with Crippen molar-refractivity contribution in [3.8, 4) is 6.07 Å². The molecule has 140 valence electrons. The third kappa shape index (κ3) is 3.93. The second-order valence-corrected chi connectivity index (χ2v) is 7.49. The zero-order valence-corrected chi connectivity index (χ0v) is 15.5. The Balaban J connectivity index is 1.79. The van der Waals surface area contributed by atoms with E-state index < -0.39 is 17.0 Å². The van der Waals surface area contributed by atoms with Gasteiger partial charge < -0.3 is 4.90 Å². The summed E-state index contributed by atoms with van der Waals surface area (Å²) in [4.78, 5) is 18.6. The van der Waals surface area contributed by atoms with Crippen molar-refractivity contribution in [2.75, 3.05) is 11.4 Å². The molecule has 3 rings (SSSR count). The average Bonchev–Trinajstić information content (AvgIpc) is 2.95. The van der Waals surface area contributed by atoms with Crippen molar-refractivity contribution in [2.45, 2.75) is 36.7 Å². The average molecular weight is 391 g/mol. The first-order chi connectivity index (χ1) is 12.7. The molecule has 8 heteroatoms. The van der Waals surface area contributed by atoms with Crippen molar-refractivity contribution in [2.24, 2.45) is 0 Å². The monoisotopic (exact) mass is 391 g/mol. The van der Waals surface area contributed by atoms with E-state index in [0.29, 0.717) is 29.2 Å². The van der Waals surface area contributed by atoms with E-state index in [0.717, 1.165) is 23.4 Å². The van der Waals surface area contributed by atoms with Gasteiger partial charge in [0, 0.05) is 17.9 Å². The first-order valence-electron chi connectivity index (χ1n) is 8.24. The number of thioether (sulfide) groups is 1. The molecule has 1 unspecified atom stereocenters. The highest BCUT2D eigenvalue weighted by Gasteiger charge is 2.35. The maximum Gasteiger partial charge on any atom is 0.416 e. The van der Waals surface area contributed by atoms with E-state index in [1.54, 1.807) is 0 Å². The summed E-state index contributed by atoms with van der Waals surface area (Å²) in [7, 11) is 0. The molecular weight excluding hydrogens is 375 g/mol. The maximum atomic E-state index is 12.7. The summed E-state index contributed by atoms with van der Waals surface area (Å²) < 4.78 is 38.1. The SMILES string of the molecule is Cc1cc(C)c(C#N)c(SC2CCN(c3ccc(C(F)(F)F)cc3)C2=O)n1. The molecule has 4 nitrogen and oxygen atoms in total. The highest BCUT2D eigenvalue weighted by molar-refractivity contribution is 8.00. The number of pyridine rings is 1. The molecule has 0 saturated carbocycles. The first kappa shape index (κ1) is 19.2. The molecular formula is C19H16F3N3OS. The number of anilines is 1. The zero-order valence-electron chi connectivity index (χ0n) is 14.7. The van der Waals surface area contributed by atoms with Gasteiger partial charge in [-0.15, -0.1) is 0 Å². The third-order valence-electron chi connectivity index (χ3n) is 4.34. The highest BCUT2D eigenvalue weighted by atomic mass is 32.2. The van der Waals surface area contributed by atoms with Crippen LogP contribution in [0.25, 0.3) is 0 Å². The minimum absolute atomic E-state index is 0.190. The molecule has 2 heterocycles. The van der Waals surface area contributed by atoms with Crippen LogP contribution in [0.15, 0.2) is 35.4 Å². The van der Waals surface area contributed by atoms with Crippen LogP contribution in [0.1, 0.15) is 28.8 Å². The van der Waals surface area contributed by atoms with E-state index in [-0.39, 0.29) is 5.91 Å². The van der Waals surface area contributed by atoms with Crippen molar-refractivity contribution in [1.29, 1.82) is 5.26 Å². The number of amides is 1. The number of hydrogen-bond acceptors (Lipinski definition) is 4. The summed E-state index contributed by atoms with van der Waals surface area (Å²) in [6.45, 7) is 4.06. The van der Waals surface area contributed by atoms with Crippen molar-refractivity contribution in [3.63, 3.8) is 0 Å². The number of halogens is 3. The van der Waals surface area contributed by atoms with Gasteiger partial charge in [0.1, 0.15) is 11.1 Å². The van der Waals surface area contributed by atoms with Crippen molar-refractivity contribution >= 4 is 23.4 Å². The molecule has 0 N–H and O–H groups in total. The number of alkyl halides is 3. The van der Waals surface area contributed by atoms with Crippen molar-refractivity contribution < 1.29 is 18.0 Å². The fourth-order valence-electron chi connectivity index (χ4n) is 3.01. The van der Waals surface area contributed by atoms with Crippen LogP contribution in [0.5, 0.6) is 0 Å². The van der Waals surface area contributed by atoms with E-state index in [1.165, 1.54) is 28.8 Å². The lowest BCUT2D eigenvalue weighted by Crippen LogP contribution is -2.28. The van der Waals surface area contributed by atoms with Gasteiger partial charge >= 0.3 is 6.18 Å². The molecule has 1 saturated heterocycles. The van der Waals surface area contributed by atoms with Gasteiger partial charge in [0.2, 0.25) is 5.91 Å². The summed E-state index contributed by atoms with van der Waals surface area (Å²) in [5.74, 6) is -0.190. The topological polar surface area (TPSA) is 57.0 Å². The first-order valence-corrected chi connectivity index (χ1v) is 9.12. The van der Waals surface area contributed by atoms with Crippen LogP contribution in [0, 0.1) is 25.2 Å². The fourth-order valence-corrected chi connectivity index (χ4v) is 4.25. The van der Waals surface area contributed by atoms with Gasteiger partial charge in [-0.2, -0.15) is 18.4 Å². The van der Waals surface area contributed by atoms with Crippen LogP contribution in [0.4, 0.5) is 18.9 Å². The van der Waals surface area contributed by atoms with Gasteiger partial charge in [-0.25, -0.2) is 4.98 Å². The predicted molar refractivity (Wildman–Crippen MR) is 96.5 cm³/mol. The number of aryl methyl sites for hydroxylation is 2. The smallest absolute Gasteiger partial charge is 0.311 e. The van der Waals surface area contributed by atoms with Crippen LogP contribution in [0.2, 0.25) is 0 Å². The lowest BCUT2D eigenvalue weighted by molar-refractivity contribution is -0.137. The highest BCUT2D eigenvalue weighted by Crippen LogP contribution is 2.36. The number of aromatic nitrogens is 1. The minimum Gasteiger partial charge on any atom is -0.311 e. The van der Waals surface area contributed by atoms with Crippen LogP contribution in [-0.2, 0) is 11.0 Å². The Morgan fingerprint density at radius 1 is 1.26 bits per heavy atom. The Morgan fingerprint density at radius 2 is 1.93 bits per heavy atom. The summed E-state index contributed by atoms with van der Waals surface area (Å²) in [6, 6.07) is 8.51. The van der Waals surface area contributed by atoms with Gasteiger partial charge in [-0.3, -0.25) is 4.79 Å². The zero-order chi connectivity index (χ0) is 19.8. The molecule has 1 fully saturated rings.